The number of rotatable bonds is 2. The molecule has 1 aliphatic rings. The van der Waals surface area contributed by atoms with E-state index in [1.165, 1.54) is 0 Å². The quantitative estimate of drug-likeness (QED) is 0.854. The molecule has 3 N–H and O–H groups in total. The van der Waals surface area contributed by atoms with Crippen molar-refractivity contribution in [2.24, 2.45) is 0 Å². The molecule has 110 valence electrons. The standard InChI is InChI=1S/C16H23BrN2O/c1-15(2)9-11(10-16(3,4)19-15)18-14(20)12-7-5-6-8-13(12)17/h5-8,11,19H,9-10H2,1-4H3,(H,18,20)/p+1. The van der Waals surface area contributed by atoms with Gasteiger partial charge in [0.25, 0.3) is 5.91 Å². The molecule has 3 nitrogen and oxygen atoms in total. The molecule has 0 bridgehead atoms. The van der Waals surface area contributed by atoms with Crippen LogP contribution in [0.3, 0.4) is 0 Å². The first kappa shape index (κ1) is 15.5. The van der Waals surface area contributed by atoms with Crippen LogP contribution in [-0.2, 0) is 0 Å². The molecule has 1 aromatic rings. The Bertz CT molecular complexity index is 495. The van der Waals surface area contributed by atoms with Gasteiger partial charge in [-0.15, -0.1) is 0 Å². The van der Waals surface area contributed by atoms with E-state index >= 15 is 0 Å². The van der Waals surface area contributed by atoms with Crippen LogP contribution < -0.4 is 10.6 Å². The second-order valence-electron chi connectivity index (χ2n) is 7.18. The molecule has 1 fully saturated rings. The fourth-order valence-electron chi connectivity index (χ4n) is 3.53. The number of benzene rings is 1. The number of halogens is 1. The van der Waals surface area contributed by atoms with E-state index in [9.17, 15) is 4.79 Å². The van der Waals surface area contributed by atoms with Crippen LogP contribution in [0, 0.1) is 0 Å². The lowest BCUT2D eigenvalue weighted by Gasteiger charge is -2.43. The van der Waals surface area contributed by atoms with Crippen molar-refractivity contribution in [3.05, 3.63) is 34.3 Å². The third kappa shape index (κ3) is 3.83. The maximum Gasteiger partial charge on any atom is 0.252 e. The monoisotopic (exact) mass is 339 g/mol. The number of nitrogens with two attached hydrogens (primary N) is 1. The predicted octanol–water partition coefficient (Wildman–Crippen LogP) is 2.46. The lowest BCUT2D eigenvalue weighted by Crippen LogP contribution is -3.06. The van der Waals surface area contributed by atoms with Crippen molar-refractivity contribution in [1.29, 1.82) is 0 Å². The Kier molecular flexibility index (Phi) is 4.26. The van der Waals surface area contributed by atoms with E-state index in [-0.39, 0.29) is 23.0 Å². The summed E-state index contributed by atoms with van der Waals surface area (Å²) in [5, 5.41) is 5.62. The molecule has 0 radical (unpaired) electrons. The SMILES string of the molecule is CC1(C)CC(NC(=O)c2ccccc2Br)CC(C)(C)[NH2+]1. The van der Waals surface area contributed by atoms with Gasteiger partial charge in [-0.2, -0.15) is 0 Å². The van der Waals surface area contributed by atoms with E-state index in [0.717, 1.165) is 17.3 Å². The molecule has 0 spiro atoms. The zero-order valence-electron chi connectivity index (χ0n) is 12.7. The zero-order chi connectivity index (χ0) is 15.0. The molecule has 0 aliphatic carbocycles. The molecule has 0 aromatic heterocycles. The van der Waals surface area contributed by atoms with Crippen LogP contribution in [0.2, 0.25) is 0 Å². The van der Waals surface area contributed by atoms with Gasteiger partial charge in [0, 0.05) is 23.4 Å². The van der Waals surface area contributed by atoms with Crippen molar-refractivity contribution in [2.75, 3.05) is 0 Å². The predicted molar refractivity (Wildman–Crippen MR) is 84.7 cm³/mol. The van der Waals surface area contributed by atoms with E-state index in [2.05, 4.69) is 54.3 Å². The summed E-state index contributed by atoms with van der Waals surface area (Å²) >= 11 is 3.44. The van der Waals surface area contributed by atoms with Gasteiger partial charge >= 0.3 is 0 Å². The highest BCUT2D eigenvalue weighted by Crippen LogP contribution is 2.23. The van der Waals surface area contributed by atoms with Crippen LogP contribution in [0.5, 0.6) is 0 Å². The Balaban J connectivity index is 2.10. The molecule has 4 heteroatoms. The molecule has 0 unspecified atom stereocenters. The van der Waals surface area contributed by atoms with E-state index in [4.69, 9.17) is 0 Å². The highest BCUT2D eigenvalue weighted by Gasteiger charge is 2.42. The third-order valence-corrected chi connectivity index (χ3v) is 4.47. The maximum absolute atomic E-state index is 12.4. The van der Waals surface area contributed by atoms with Gasteiger partial charge in [-0.1, -0.05) is 12.1 Å². The molecular formula is C16H24BrN2O+. The summed E-state index contributed by atoms with van der Waals surface area (Å²) in [5.74, 6) is 0.0102. The number of carbonyl (C=O) groups excluding carboxylic acids is 1. The largest absolute Gasteiger partial charge is 0.349 e. The summed E-state index contributed by atoms with van der Waals surface area (Å²) in [4.78, 5) is 12.4. The van der Waals surface area contributed by atoms with E-state index in [1.54, 1.807) is 0 Å². The molecule has 1 amide bonds. The van der Waals surface area contributed by atoms with Gasteiger partial charge < -0.3 is 10.6 Å². The Labute approximate surface area is 129 Å². The number of quaternary nitrogens is 1. The van der Waals surface area contributed by atoms with Gasteiger partial charge in [-0.25, -0.2) is 0 Å². The van der Waals surface area contributed by atoms with Gasteiger partial charge in [-0.05, 0) is 55.8 Å². The first-order valence-electron chi connectivity index (χ1n) is 7.11. The lowest BCUT2D eigenvalue weighted by molar-refractivity contribution is -0.787. The summed E-state index contributed by atoms with van der Waals surface area (Å²) < 4.78 is 0.846. The number of carbonyl (C=O) groups is 1. The van der Waals surface area contributed by atoms with Crippen LogP contribution in [0.4, 0.5) is 0 Å². The highest BCUT2D eigenvalue weighted by molar-refractivity contribution is 9.10. The molecular weight excluding hydrogens is 316 g/mol. The first-order valence-corrected chi connectivity index (χ1v) is 7.90. The Morgan fingerprint density at radius 2 is 1.75 bits per heavy atom. The average Bonchev–Trinajstić information content (AvgIpc) is 2.24. The van der Waals surface area contributed by atoms with Crippen molar-refractivity contribution < 1.29 is 10.1 Å². The molecule has 1 heterocycles. The number of hydrogen-bond donors (Lipinski definition) is 2. The van der Waals surface area contributed by atoms with Crippen LogP contribution in [0.15, 0.2) is 28.7 Å². The van der Waals surface area contributed by atoms with E-state index in [0.29, 0.717) is 5.56 Å². The fraction of sp³-hybridized carbons (Fsp3) is 0.562. The topological polar surface area (TPSA) is 45.7 Å². The Morgan fingerprint density at radius 1 is 1.20 bits per heavy atom. The lowest BCUT2D eigenvalue weighted by atomic mass is 9.79. The number of nitrogens with one attached hydrogen (secondary N) is 1. The highest BCUT2D eigenvalue weighted by atomic mass is 79.9. The van der Waals surface area contributed by atoms with Crippen molar-refractivity contribution >= 4 is 21.8 Å². The smallest absolute Gasteiger partial charge is 0.252 e. The molecule has 1 aromatic carbocycles. The third-order valence-electron chi connectivity index (χ3n) is 3.78. The summed E-state index contributed by atoms with van der Waals surface area (Å²) in [5.41, 5.74) is 1.03. The second-order valence-corrected chi connectivity index (χ2v) is 8.03. The summed E-state index contributed by atoms with van der Waals surface area (Å²) in [6, 6.07) is 7.79. The molecule has 1 aliphatic heterocycles. The van der Waals surface area contributed by atoms with Crippen LogP contribution in [-0.4, -0.2) is 23.0 Å². The van der Waals surface area contributed by atoms with Crippen LogP contribution in [0.1, 0.15) is 50.9 Å². The average molecular weight is 340 g/mol. The van der Waals surface area contributed by atoms with Crippen LogP contribution >= 0.6 is 15.9 Å². The maximum atomic E-state index is 12.4. The van der Waals surface area contributed by atoms with Gasteiger partial charge in [0.2, 0.25) is 0 Å². The minimum absolute atomic E-state index is 0.0102. The summed E-state index contributed by atoms with van der Waals surface area (Å²) in [6.45, 7) is 8.97. The minimum Gasteiger partial charge on any atom is -0.349 e. The summed E-state index contributed by atoms with van der Waals surface area (Å²) in [6.07, 6.45) is 1.99. The van der Waals surface area contributed by atoms with E-state index in [1.807, 2.05) is 24.3 Å². The molecule has 0 saturated carbocycles. The molecule has 0 atom stereocenters. The normalized spacial score (nSPS) is 21.4. The number of amides is 1. The van der Waals surface area contributed by atoms with Gasteiger partial charge in [0.05, 0.1) is 16.6 Å². The Morgan fingerprint density at radius 3 is 2.30 bits per heavy atom. The zero-order valence-corrected chi connectivity index (χ0v) is 14.3. The van der Waals surface area contributed by atoms with Gasteiger partial charge in [0.1, 0.15) is 0 Å². The molecule has 20 heavy (non-hydrogen) atoms. The van der Waals surface area contributed by atoms with Crippen molar-refractivity contribution in [3.8, 4) is 0 Å². The molecule has 2 rings (SSSR count). The van der Waals surface area contributed by atoms with E-state index < -0.39 is 0 Å². The minimum atomic E-state index is 0.0102. The first-order chi connectivity index (χ1) is 9.19. The van der Waals surface area contributed by atoms with Gasteiger partial charge in [-0.3, -0.25) is 4.79 Å². The van der Waals surface area contributed by atoms with Crippen molar-refractivity contribution in [1.82, 2.24) is 5.32 Å². The van der Waals surface area contributed by atoms with Crippen LogP contribution in [0.25, 0.3) is 0 Å². The molecule has 1 saturated heterocycles. The summed E-state index contributed by atoms with van der Waals surface area (Å²) in [7, 11) is 0. The fourth-order valence-corrected chi connectivity index (χ4v) is 3.99. The van der Waals surface area contributed by atoms with Crippen molar-refractivity contribution in [3.63, 3.8) is 0 Å². The van der Waals surface area contributed by atoms with Gasteiger partial charge in [0.15, 0.2) is 0 Å². The second kappa shape index (κ2) is 5.49. The number of hydrogen-bond acceptors (Lipinski definition) is 1. The van der Waals surface area contributed by atoms with Crippen molar-refractivity contribution in [2.45, 2.75) is 57.7 Å². The Hall–Kier alpha value is -0.870. The number of piperidine rings is 1.